The van der Waals surface area contributed by atoms with Crippen molar-refractivity contribution in [2.75, 3.05) is 62.2 Å². The molecule has 206 valence electrons. The highest BCUT2D eigenvalue weighted by molar-refractivity contribution is 7.70. The second-order valence-corrected chi connectivity index (χ2v) is 12.9. The Morgan fingerprint density at radius 2 is 1.82 bits per heavy atom. The van der Waals surface area contributed by atoms with E-state index in [1.165, 1.54) is 26.3 Å². The number of ether oxygens (including phenoxy) is 1. The van der Waals surface area contributed by atoms with E-state index in [1.807, 2.05) is 4.90 Å². The number of piperazine rings is 1. The van der Waals surface area contributed by atoms with Gasteiger partial charge in [-0.15, -0.1) is 0 Å². The summed E-state index contributed by atoms with van der Waals surface area (Å²) in [5.74, 6) is 0.704. The number of para-hydroxylation sites is 1. The number of halogens is 1. The first-order valence-electron chi connectivity index (χ1n) is 12.1. The quantitative estimate of drug-likeness (QED) is 0.225. The van der Waals surface area contributed by atoms with Crippen LogP contribution in [0.25, 0.3) is 0 Å². The molecule has 0 saturated carbocycles. The van der Waals surface area contributed by atoms with E-state index < -0.39 is 12.1 Å². The summed E-state index contributed by atoms with van der Waals surface area (Å²) in [4.78, 5) is 35.5. The van der Waals surface area contributed by atoms with Gasteiger partial charge in [0, 0.05) is 50.5 Å². The molecule has 1 fully saturated rings. The Morgan fingerprint density at radius 1 is 1.13 bits per heavy atom. The zero-order valence-electron chi connectivity index (χ0n) is 22.0. The van der Waals surface area contributed by atoms with Gasteiger partial charge in [-0.05, 0) is 25.5 Å². The smallest absolute Gasteiger partial charge is 0.294 e. The zero-order chi connectivity index (χ0) is 28.3. The van der Waals surface area contributed by atoms with Crippen LogP contribution in [0.15, 0.2) is 42.6 Å². The average Bonchev–Trinajstić information content (AvgIpc) is 2.90. The summed E-state index contributed by atoms with van der Waals surface area (Å²) in [6, 6.07) is 10.1. The van der Waals surface area contributed by atoms with Crippen LogP contribution in [0, 0.1) is 10.1 Å². The summed E-state index contributed by atoms with van der Waals surface area (Å²) in [6.45, 7) is 6.70. The van der Waals surface area contributed by atoms with E-state index in [9.17, 15) is 19.5 Å². The van der Waals surface area contributed by atoms with Gasteiger partial charge in [0.15, 0.2) is 5.82 Å². The van der Waals surface area contributed by atoms with Crippen LogP contribution in [0.2, 0.25) is 5.02 Å². The predicted molar refractivity (Wildman–Crippen MR) is 153 cm³/mol. The first kappa shape index (κ1) is 28.1. The predicted octanol–water partition coefficient (Wildman–Crippen LogP) is 4.45. The summed E-state index contributed by atoms with van der Waals surface area (Å²) in [5, 5.41) is 19.0. The Balaban J connectivity index is 1.64. The Labute approximate surface area is 230 Å². The van der Waals surface area contributed by atoms with Gasteiger partial charge in [0.05, 0.1) is 29.6 Å². The highest BCUT2D eigenvalue weighted by Gasteiger charge is 2.27. The third kappa shape index (κ3) is 6.40. The lowest BCUT2D eigenvalue weighted by Gasteiger charge is -2.35. The number of carbonyl (C=O) groups excluding carboxylic acids is 1. The molecule has 14 heteroatoms. The van der Waals surface area contributed by atoms with Crippen molar-refractivity contribution in [3.8, 4) is 5.75 Å². The van der Waals surface area contributed by atoms with Gasteiger partial charge < -0.3 is 29.7 Å². The Hall–Kier alpha value is -3.89. The number of carbonyl (C=O) groups is 1. The number of aromatic nitrogens is 2. The number of nitrogens with one attached hydrogen (secondary N) is 2. The van der Waals surface area contributed by atoms with Crippen LogP contribution >= 0.6 is 18.7 Å². The molecule has 0 spiro atoms. The molecule has 0 radical (unpaired) electrons. The van der Waals surface area contributed by atoms with E-state index in [4.69, 9.17) is 16.3 Å². The molecular formula is C25H29ClN7O5P. The van der Waals surface area contributed by atoms with E-state index in [0.29, 0.717) is 48.6 Å². The van der Waals surface area contributed by atoms with Crippen LogP contribution < -0.4 is 25.6 Å². The second kappa shape index (κ2) is 11.5. The SMILES string of the molecule is COc1cc(N2CCN(C(C)=O)CC2)c([N+](=O)[O-])cc1Nc1ncc(Cl)c(Nc2ccccc2P(C)(C)=O)n1. The van der Waals surface area contributed by atoms with E-state index in [2.05, 4.69) is 20.6 Å². The van der Waals surface area contributed by atoms with Gasteiger partial charge in [-0.1, -0.05) is 23.7 Å². The molecule has 1 aliphatic rings. The molecule has 0 atom stereocenters. The highest BCUT2D eigenvalue weighted by Crippen LogP contribution is 2.41. The minimum atomic E-state index is -2.59. The fourth-order valence-corrected chi connectivity index (χ4v) is 5.59. The third-order valence-corrected chi connectivity index (χ3v) is 8.11. The zero-order valence-corrected chi connectivity index (χ0v) is 23.6. The fraction of sp³-hybridized carbons (Fsp3) is 0.320. The van der Waals surface area contributed by atoms with Crippen molar-refractivity contribution in [2.24, 2.45) is 0 Å². The van der Waals surface area contributed by atoms with Crippen molar-refractivity contribution < 1.29 is 19.0 Å². The molecule has 4 rings (SSSR count). The molecule has 12 nitrogen and oxygen atoms in total. The number of nitrogens with zero attached hydrogens (tertiary/aromatic N) is 5. The molecule has 1 amide bonds. The number of nitro groups is 1. The van der Waals surface area contributed by atoms with Crippen LogP contribution in [0.5, 0.6) is 5.75 Å². The number of benzene rings is 2. The normalized spacial score (nSPS) is 13.7. The molecule has 39 heavy (non-hydrogen) atoms. The van der Waals surface area contributed by atoms with Gasteiger partial charge >= 0.3 is 0 Å². The molecule has 0 aliphatic carbocycles. The standard InChI is InChI=1S/C25H29ClN7O5P/c1-16(34)31-9-11-32(12-10-31)20-14-22(38-2)19(13-21(20)33(35)36)29-25-27-15-17(26)24(30-25)28-18-7-5-6-8-23(18)39(3,4)37/h5-8,13-15H,9-12H2,1-4H3,(H2,27,28,29,30). The van der Waals surface area contributed by atoms with Crippen molar-refractivity contribution >= 4 is 64.5 Å². The minimum absolute atomic E-state index is 0.0278. The summed E-state index contributed by atoms with van der Waals surface area (Å²) >= 11 is 6.35. The van der Waals surface area contributed by atoms with E-state index >= 15 is 0 Å². The van der Waals surface area contributed by atoms with Crippen LogP contribution in [0.1, 0.15) is 6.92 Å². The van der Waals surface area contributed by atoms with Gasteiger partial charge in [0.25, 0.3) is 5.69 Å². The molecule has 0 unspecified atom stereocenters. The first-order valence-corrected chi connectivity index (χ1v) is 15.0. The number of methoxy groups -OCH3 is 1. The molecule has 1 aromatic heterocycles. The van der Waals surface area contributed by atoms with Crippen molar-refractivity contribution in [3.63, 3.8) is 0 Å². The minimum Gasteiger partial charge on any atom is -0.494 e. The van der Waals surface area contributed by atoms with Crippen LogP contribution in [0.3, 0.4) is 0 Å². The lowest BCUT2D eigenvalue weighted by Crippen LogP contribution is -2.48. The van der Waals surface area contributed by atoms with E-state index in [-0.39, 0.29) is 34.1 Å². The largest absolute Gasteiger partial charge is 0.494 e. The van der Waals surface area contributed by atoms with Crippen molar-refractivity contribution in [2.45, 2.75) is 6.92 Å². The first-order chi connectivity index (χ1) is 18.5. The molecule has 1 aliphatic heterocycles. The summed E-state index contributed by atoms with van der Waals surface area (Å²) in [7, 11) is -1.13. The Morgan fingerprint density at radius 3 is 2.44 bits per heavy atom. The summed E-state index contributed by atoms with van der Waals surface area (Å²) in [6.07, 6.45) is 1.39. The monoisotopic (exact) mass is 573 g/mol. The molecular weight excluding hydrogens is 545 g/mol. The number of hydrogen-bond donors (Lipinski definition) is 2. The number of nitro benzene ring substituents is 1. The molecule has 1 saturated heterocycles. The second-order valence-electron chi connectivity index (χ2n) is 9.30. The average molecular weight is 574 g/mol. The van der Waals surface area contributed by atoms with Gasteiger partial charge in [0.1, 0.15) is 23.6 Å². The van der Waals surface area contributed by atoms with E-state index in [1.54, 1.807) is 48.6 Å². The van der Waals surface area contributed by atoms with Gasteiger partial charge in [-0.2, -0.15) is 4.98 Å². The summed E-state index contributed by atoms with van der Waals surface area (Å²) < 4.78 is 18.3. The molecule has 3 aromatic rings. The molecule has 0 bridgehead atoms. The maximum atomic E-state index is 12.8. The highest BCUT2D eigenvalue weighted by atomic mass is 35.5. The van der Waals surface area contributed by atoms with Gasteiger partial charge in [-0.25, -0.2) is 4.98 Å². The molecule has 2 aromatic carbocycles. The maximum absolute atomic E-state index is 12.8. The van der Waals surface area contributed by atoms with Crippen LogP contribution in [-0.2, 0) is 9.36 Å². The number of hydrogen-bond acceptors (Lipinski definition) is 10. The van der Waals surface area contributed by atoms with Gasteiger partial charge in [0.2, 0.25) is 11.9 Å². The molecule has 2 heterocycles. The maximum Gasteiger partial charge on any atom is 0.294 e. The number of amides is 1. The van der Waals surface area contributed by atoms with Crippen molar-refractivity contribution in [3.05, 3.63) is 57.7 Å². The Kier molecular flexibility index (Phi) is 8.27. The number of anilines is 5. The van der Waals surface area contributed by atoms with Crippen molar-refractivity contribution in [1.82, 2.24) is 14.9 Å². The number of rotatable bonds is 8. The van der Waals surface area contributed by atoms with E-state index in [0.717, 1.165) is 0 Å². The Bertz CT molecular complexity index is 1460. The lowest BCUT2D eigenvalue weighted by molar-refractivity contribution is -0.384. The topological polar surface area (TPSA) is 143 Å². The summed E-state index contributed by atoms with van der Waals surface area (Å²) in [5.41, 5.74) is 1.15. The van der Waals surface area contributed by atoms with Crippen molar-refractivity contribution in [1.29, 1.82) is 0 Å². The van der Waals surface area contributed by atoms with Gasteiger partial charge in [-0.3, -0.25) is 14.9 Å². The molecule has 2 N–H and O–H groups in total. The third-order valence-electron chi connectivity index (χ3n) is 6.29. The van der Waals surface area contributed by atoms with Crippen LogP contribution in [0.4, 0.5) is 34.5 Å². The van der Waals surface area contributed by atoms with Crippen LogP contribution in [-0.4, -0.2) is 72.3 Å². The lowest BCUT2D eigenvalue weighted by atomic mass is 10.1. The fourth-order valence-electron chi connectivity index (χ4n) is 4.30.